The van der Waals surface area contributed by atoms with E-state index in [2.05, 4.69) is 40.6 Å². The highest BCUT2D eigenvalue weighted by molar-refractivity contribution is 6.01. The summed E-state index contributed by atoms with van der Waals surface area (Å²) in [5.41, 5.74) is 2.34. The molecule has 1 fully saturated rings. The van der Waals surface area contributed by atoms with Gasteiger partial charge in [0.2, 0.25) is 0 Å². The number of carbonyl (C=O) groups excluding carboxylic acids is 2. The first-order valence-corrected chi connectivity index (χ1v) is 9.13. The molecule has 2 amide bonds. The van der Waals surface area contributed by atoms with E-state index in [1.54, 1.807) is 7.05 Å². The van der Waals surface area contributed by atoms with Crippen LogP contribution in [0.1, 0.15) is 30.7 Å². The average Bonchev–Trinajstić information content (AvgIpc) is 2.98. The van der Waals surface area contributed by atoms with Crippen LogP contribution in [-0.4, -0.2) is 60.7 Å². The number of hydrogen-bond donors (Lipinski definition) is 1. The summed E-state index contributed by atoms with van der Waals surface area (Å²) >= 11 is 0. The summed E-state index contributed by atoms with van der Waals surface area (Å²) in [6.07, 6.45) is 3.42. The van der Waals surface area contributed by atoms with Gasteiger partial charge >= 0.3 is 6.03 Å². The van der Waals surface area contributed by atoms with Crippen LogP contribution in [0.5, 0.6) is 0 Å². The van der Waals surface area contributed by atoms with Crippen molar-refractivity contribution >= 4 is 29.0 Å². The van der Waals surface area contributed by atoms with Gasteiger partial charge in [0.15, 0.2) is 5.82 Å². The molecule has 1 aromatic carbocycles. The van der Waals surface area contributed by atoms with Gasteiger partial charge < -0.3 is 15.0 Å². The van der Waals surface area contributed by atoms with E-state index in [0.717, 1.165) is 43.1 Å². The van der Waals surface area contributed by atoms with Gasteiger partial charge in [0.05, 0.1) is 5.52 Å². The van der Waals surface area contributed by atoms with Gasteiger partial charge in [-0.2, -0.15) is 5.10 Å². The zero-order valence-corrected chi connectivity index (χ0v) is 15.7. The third-order valence-electron chi connectivity index (χ3n) is 5.23. The predicted octanol–water partition coefficient (Wildman–Crippen LogP) is 2.12. The fraction of sp³-hybridized carbons (Fsp3) is 0.526. The van der Waals surface area contributed by atoms with Crippen molar-refractivity contribution < 1.29 is 9.59 Å². The number of nitrogens with one attached hydrogen (secondary N) is 1. The Hall–Kier alpha value is -2.41. The van der Waals surface area contributed by atoms with E-state index in [1.165, 1.54) is 10.5 Å². The number of aldehydes is 1. The van der Waals surface area contributed by atoms with Gasteiger partial charge in [-0.3, -0.25) is 9.58 Å². The SMILES string of the molecule is CNC(=O)N(CCC=O)c1nn(C)c2cc(C3CCN(C)CC3)ccc12. The lowest BCUT2D eigenvalue weighted by molar-refractivity contribution is -0.107. The van der Waals surface area contributed by atoms with Crippen molar-refractivity contribution in [1.82, 2.24) is 20.0 Å². The normalized spacial score (nSPS) is 16.0. The quantitative estimate of drug-likeness (QED) is 0.832. The maximum absolute atomic E-state index is 12.3. The van der Waals surface area contributed by atoms with Crippen molar-refractivity contribution in [2.45, 2.75) is 25.2 Å². The number of aryl methyl sites for hydroxylation is 1. The van der Waals surface area contributed by atoms with Crippen molar-refractivity contribution in [3.8, 4) is 0 Å². The van der Waals surface area contributed by atoms with Gasteiger partial charge in [0.1, 0.15) is 6.29 Å². The average molecular weight is 357 g/mol. The Morgan fingerprint density at radius 3 is 2.73 bits per heavy atom. The molecule has 1 aromatic heterocycles. The van der Waals surface area contributed by atoms with Crippen LogP contribution in [0, 0.1) is 0 Å². The molecule has 7 nitrogen and oxygen atoms in total. The third kappa shape index (κ3) is 3.58. The Morgan fingerprint density at radius 2 is 2.08 bits per heavy atom. The van der Waals surface area contributed by atoms with E-state index >= 15 is 0 Å². The molecule has 0 aliphatic carbocycles. The van der Waals surface area contributed by atoms with Gasteiger partial charge in [-0.05, 0) is 56.6 Å². The lowest BCUT2D eigenvalue weighted by Crippen LogP contribution is -2.39. The molecule has 140 valence electrons. The monoisotopic (exact) mass is 357 g/mol. The van der Waals surface area contributed by atoms with Gasteiger partial charge in [-0.15, -0.1) is 0 Å². The first kappa shape index (κ1) is 18.4. The molecule has 3 rings (SSSR count). The Bertz CT molecular complexity index is 793. The van der Waals surface area contributed by atoms with Crippen molar-refractivity contribution in [2.24, 2.45) is 7.05 Å². The minimum Gasteiger partial charge on any atom is -0.341 e. The van der Waals surface area contributed by atoms with Crippen LogP contribution in [0.25, 0.3) is 10.9 Å². The number of fused-ring (bicyclic) bond motifs is 1. The summed E-state index contributed by atoms with van der Waals surface area (Å²) in [5.74, 6) is 1.16. The molecule has 7 heteroatoms. The van der Waals surface area contributed by atoms with Gasteiger partial charge in [0.25, 0.3) is 0 Å². The highest BCUT2D eigenvalue weighted by atomic mass is 16.2. The molecular formula is C19H27N5O2. The van der Waals surface area contributed by atoms with Gasteiger partial charge in [-0.25, -0.2) is 4.79 Å². The number of urea groups is 1. The Morgan fingerprint density at radius 1 is 1.35 bits per heavy atom. The Labute approximate surface area is 153 Å². The number of carbonyl (C=O) groups is 2. The van der Waals surface area contributed by atoms with Crippen LogP contribution < -0.4 is 10.2 Å². The molecule has 1 N–H and O–H groups in total. The molecule has 0 spiro atoms. The second kappa shape index (κ2) is 7.86. The minimum atomic E-state index is -0.258. The number of likely N-dealkylation sites (tertiary alicyclic amines) is 1. The Balaban J connectivity index is 1.95. The summed E-state index contributed by atoms with van der Waals surface area (Å²) in [4.78, 5) is 26.9. The number of benzene rings is 1. The summed E-state index contributed by atoms with van der Waals surface area (Å²) in [5, 5.41) is 8.13. The Kier molecular flexibility index (Phi) is 5.56. The number of hydrogen-bond acceptors (Lipinski definition) is 4. The standard InChI is InChI=1S/C19H27N5O2/c1-20-19(26)24(9-4-12-25)18-16-6-5-15(13-17(16)23(3)21-18)14-7-10-22(2)11-8-14/h5-6,12-14H,4,7-11H2,1-3H3,(H,20,26). The fourth-order valence-corrected chi connectivity index (χ4v) is 3.67. The molecule has 1 aliphatic rings. The van der Waals surface area contributed by atoms with Crippen LogP contribution in [0.15, 0.2) is 18.2 Å². The van der Waals surface area contributed by atoms with Crippen molar-refractivity contribution in [3.63, 3.8) is 0 Å². The molecular weight excluding hydrogens is 330 g/mol. The summed E-state index contributed by atoms with van der Waals surface area (Å²) in [6.45, 7) is 2.55. The molecule has 26 heavy (non-hydrogen) atoms. The molecule has 0 saturated carbocycles. The van der Waals surface area contributed by atoms with Crippen LogP contribution >= 0.6 is 0 Å². The first-order chi connectivity index (χ1) is 12.5. The van der Waals surface area contributed by atoms with Crippen LogP contribution in [0.2, 0.25) is 0 Å². The predicted molar refractivity (Wildman–Crippen MR) is 103 cm³/mol. The van der Waals surface area contributed by atoms with Crippen LogP contribution in [-0.2, 0) is 11.8 Å². The maximum atomic E-state index is 12.3. The number of nitrogens with zero attached hydrogens (tertiary/aromatic N) is 4. The second-order valence-corrected chi connectivity index (χ2v) is 6.96. The van der Waals surface area contributed by atoms with Crippen LogP contribution in [0.3, 0.4) is 0 Å². The number of rotatable bonds is 5. The largest absolute Gasteiger partial charge is 0.341 e. The first-order valence-electron chi connectivity index (χ1n) is 9.13. The molecule has 0 atom stereocenters. The molecule has 2 heterocycles. The van der Waals surface area contributed by atoms with Crippen molar-refractivity contribution in [2.75, 3.05) is 38.6 Å². The van der Waals surface area contributed by atoms with E-state index < -0.39 is 0 Å². The lowest BCUT2D eigenvalue weighted by Gasteiger charge is -2.29. The van der Waals surface area contributed by atoms with E-state index in [9.17, 15) is 9.59 Å². The van der Waals surface area contributed by atoms with E-state index in [4.69, 9.17) is 0 Å². The minimum absolute atomic E-state index is 0.258. The molecule has 1 aliphatic heterocycles. The summed E-state index contributed by atoms with van der Waals surface area (Å²) in [7, 11) is 5.64. The van der Waals surface area contributed by atoms with Gasteiger partial charge in [0, 0.05) is 32.4 Å². The van der Waals surface area contributed by atoms with E-state index in [-0.39, 0.29) is 12.5 Å². The van der Waals surface area contributed by atoms with Crippen molar-refractivity contribution in [3.05, 3.63) is 23.8 Å². The molecule has 2 aromatic rings. The number of aromatic nitrogens is 2. The van der Waals surface area contributed by atoms with Crippen LogP contribution in [0.4, 0.5) is 10.6 Å². The lowest BCUT2D eigenvalue weighted by atomic mass is 9.89. The number of piperidine rings is 1. The summed E-state index contributed by atoms with van der Waals surface area (Å²) < 4.78 is 1.82. The number of amides is 2. The van der Waals surface area contributed by atoms with Crippen molar-refractivity contribution in [1.29, 1.82) is 0 Å². The molecule has 1 saturated heterocycles. The summed E-state index contributed by atoms with van der Waals surface area (Å²) in [6, 6.07) is 6.16. The fourth-order valence-electron chi connectivity index (χ4n) is 3.67. The maximum Gasteiger partial charge on any atom is 0.322 e. The van der Waals surface area contributed by atoms with Gasteiger partial charge in [-0.1, -0.05) is 6.07 Å². The second-order valence-electron chi connectivity index (χ2n) is 6.96. The zero-order valence-electron chi connectivity index (χ0n) is 15.7. The number of anilines is 1. The smallest absolute Gasteiger partial charge is 0.322 e. The molecule has 0 radical (unpaired) electrons. The van der Waals surface area contributed by atoms with E-state index in [0.29, 0.717) is 18.3 Å². The topological polar surface area (TPSA) is 70.5 Å². The molecule has 0 bridgehead atoms. The molecule has 0 unspecified atom stereocenters. The zero-order chi connectivity index (χ0) is 18.7. The third-order valence-corrected chi connectivity index (χ3v) is 5.23. The van der Waals surface area contributed by atoms with E-state index in [1.807, 2.05) is 11.7 Å². The highest BCUT2D eigenvalue weighted by Crippen LogP contribution is 2.32. The highest BCUT2D eigenvalue weighted by Gasteiger charge is 2.23.